The molecule has 2 aromatic carbocycles. The second-order valence-electron chi connectivity index (χ2n) is 6.67. The van der Waals surface area contributed by atoms with Crippen LogP contribution in [-0.2, 0) is 0 Å². The number of amides is 1. The van der Waals surface area contributed by atoms with Crippen molar-refractivity contribution in [2.24, 2.45) is 0 Å². The van der Waals surface area contributed by atoms with Gasteiger partial charge in [0, 0.05) is 35.8 Å². The highest BCUT2D eigenvalue weighted by molar-refractivity contribution is 5.94. The largest absolute Gasteiger partial charge is 0.338 e. The van der Waals surface area contributed by atoms with Crippen molar-refractivity contribution in [2.45, 2.75) is 18.8 Å². The summed E-state index contributed by atoms with van der Waals surface area (Å²) in [5.74, 6) is -0.139. The van der Waals surface area contributed by atoms with Gasteiger partial charge in [-0.2, -0.15) is 5.10 Å². The molecule has 5 heteroatoms. The molecule has 132 valence electrons. The van der Waals surface area contributed by atoms with E-state index in [1.165, 1.54) is 12.1 Å². The molecule has 1 aliphatic rings. The Labute approximate surface area is 151 Å². The minimum atomic E-state index is -0.330. The Morgan fingerprint density at radius 2 is 1.88 bits per heavy atom. The summed E-state index contributed by atoms with van der Waals surface area (Å²) in [5.41, 5.74) is 3.58. The van der Waals surface area contributed by atoms with Gasteiger partial charge in [-0.1, -0.05) is 30.3 Å². The van der Waals surface area contributed by atoms with Gasteiger partial charge in [0.25, 0.3) is 5.91 Å². The molecule has 0 aliphatic carbocycles. The fourth-order valence-corrected chi connectivity index (χ4v) is 3.49. The van der Waals surface area contributed by atoms with E-state index in [-0.39, 0.29) is 17.6 Å². The third-order valence-corrected chi connectivity index (χ3v) is 4.91. The van der Waals surface area contributed by atoms with Gasteiger partial charge in [-0.05, 0) is 43.2 Å². The number of halogens is 1. The van der Waals surface area contributed by atoms with Crippen LogP contribution >= 0.6 is 0 Å². The van der Waals surface area contributed by atoms with Crippen molar-refractivity contribution in [1.82, 2.24) is 15.1 Å². The molecule has 26 heavy (non-hydrogen) atoms. The van der Waals surface area contributed by atoms with Crippen molar-refractivity contribution in [3.05, 3.63) is 77.7 Å². The summed E-state index contributed by atoms with van der Waals surface area (Å²) in [7, 11) is 0. The van der Waals surface area contributed by atoms with E-state index < -0.39 is 0 Å². The van der Waals surface area contributed by atoms with Crippen LogP contribution in [0.1, 0.15) is 34.8 Å². The highest BCUT2D eigenvalue weighted by Crippen LogP contribution is 2.29. The lowest BCUT2D eigenvalue weighted by Crippen LogP contribution is -2.39. The second-order valence-corrected chi connectivity index (χ2v) is 6.67. The highest BCUT2D eigenvalue weighted by Gasteiger charge is 2.26. The molecule has 1 fully saturated rings. The number of piperidine rings is 1. The van der Waals surface area contributed by atoms with Gasteiger partial charge < -0.3 is 4.90 Å². The Morgan fingerprint density at radius 3 is 2.65 bits per heavy atom. The predicted molar refractivity (Wildman–Crippen MR) is 98.3 cm³/mol. The second kappa shape index (κ2) is 7.12. The maximum atomic E-state index is 13.1. The van der Waals surface area contributed by atoms with Gasteiger partial charge in [-0.25, -0.2) is 4.39 Å². The van der Waals surface area contributed by atoms with Gasteiger partial charge in [0.1, 0.15) is 5.82 Å². The molecule has 1 aliphatic heterocycles. The van der Waals surface area contributed by atoms with Crippen LogP contribution in [0.15, 0.2) is 60.7 Å². The van der Waals surface area contributed by atoms with E-state index in [9.17, 15) is 9.18 Å². The molecule has 4 rings (SSSR count). The zero-order chi connectivity index (χ0) is 17.9. The zero-order valence-electron chi connectivity index (χ0n) is 14.4. The molecule has 3 aromatic rings. The Balaban J connectivity index is 1.49. The zero-order valence-corrected chi connectivity index (χ0v) is 14.4. The van der Waals surface area contributed by atoms with E-state index in [1.54, 1.807) is 12.1 Å². The number of rotatable bonds is 3. The fourth-order valence-electron chi connectivity index (χ4n) is 3.49. The van der Waals surface area contributed by atoms with Gasteiger partial charge in [-0.15, -0.1) is 0 Å². The number of nitrogens with one attached hydrogen (secondary N) is 1. The van der Waals surface area contributed by atoms with E-state index in [0.717, 1.165) is 36.3 Å². The minimum Gasteiger partial charge on any atom is -0.338 e. The Hall–Kier alpha value is -2.95. The number of nitrogens with zero attached hydrogens (tertiary/aromatic N) is 2. The summed E-state index contributed by atoms with van der Waals surface area (Å²) in [6.45, 7) is 1.37. The molecule has 0 spiro atoms. The number of H-pyrrole nitrogens is 1. The molecule has 0 unspecified atom stereocenters. The normalized spacial score (nSPS) is 17.3. The summed E-state index contributed by atoms with van der Waals surface area (Å²) in [5, 5.41) is 7.57. The van der Waals surface area contributed by atoms with E-state index in [4.69, 9.17) is 0 Å². The third-order valence-electron chi connectivity index (χ3n) is 4.91. The monoisotopic (exact) mass is 349 g/mol. The van der Waals surface area contributed by atoms with Crippen LogP contribution < -0.4 is 0 Å². The Kier molecular flexibility index (Phi) is 4.52. The van der Waals surface area contributed by atoms with Crippen molar-refractivity contribution < 1.29 is 9.18 Å². The van der Waals surface area contributed by atoms with Gasteiger partial charge in [0.2, 0.25) is 0 Å². The maximum Gasteiger partial charge on any atom is 0.253 e. The van der Waals surface area contributed by atoms with Crippen LogP contribution in [0.5, 0.6) is 0 Å². The molecule has 0 saturated carbocycles. The number of carbonyl (C=O) groups is 1. The fraction of sp³-hybridized carbons (Fsp3) is 0.238. The standard InChI is InChI=1S/C21H20FN3O/c22-18-10-8-16(9-11-18)21(26)25-12-4-7-17(14-25)20-13-19(23-24-20)15-5-2-1-3-6-15/h1-3,5-6,8-11,13,17H,4,7,12,14H2,(H,23,24)/t17-/m0/s1. The SMILES string of the molecule is O=C(c1ccc(F)cc1)N1CCC[C@H](c2cc(-c3ccccc3)n[nH]2)C1. The smallest absolute Gasteiger partial charge is 0.253 e. The first-order chi connectivity index (χ1) is 12.7. The van der Waals surface area contributed by atoms with Gasteiger partial charge in [-0.3, -0.25) is 9.89 Å². The van der Waals surface area contributed by atoms with Gasteiger partial charge >= 0.3 is 0 Å². The first-order valence-corrected chi connectivity index (χ1v) is 8.86. The molecule has 1 atom stereocenters. The molecule has 1 aromatic heterocycles. The van der Waals surface area contributed by atoms with E-state index in [2.05, 4.69) is 16.3 Å². The average molecular weight is 349 g/mol. The number of aromatic amines is 1. The number of likely N-dealkylation sites (tertiary alicyclic amines) is 1. The van der Waals surface area contributed by atoms with Crippen LogP contribution in [0.25, 0.3) is 11.3 Å². The molecule has 1 saturated heterocycles. The van der Waals surface area contributed by atoms with E-state index in [0.29, 0.717) is 12.1 Å². The van der Waals surface area contributed by atoms with Crippen LogP contribution in [0, 0.1) is 5.82 Å². The van der Waals surface area contributed by atoms with Crippen LogP contribution in [0.2, 0.25) is 0 Å². The van der Waals surface area contributed by atoms with Crippen LogP contribution in [0.4, 0.5) is 4.39 Å². The van der Waals surface area contributed by atoms with Crippen LogP contribution in [0.3, 0.4) is 0 Å². The molecular formula is C21H20FN3O. The number of aromatic nitrogens is 2. The third kappa shape index (κ3) is 3.38. The maximum absolute atomic E-state index is 13.1. The van der Waals surface area contributed by atoms with Gasteiger partial charge in [0.05, 0.1) is 5.69 Å². The van der Waals surface area contributed by atoms with Crippen molar-refractivity contribution in [2.75, 3.05) is 13.1 Å². The summed E-state index contributed by atoms with van der Waals surface area (Å²) >= 11 is 0. The molecule has 1 amide bonds. The van der Waals surface area contributed by atoms with Crippen molar-refractivity contribution in [3.8, 4) is 11.3 Å². The minimum absolute atomic E-state index is 0.0440. The summed E-state index contributed by atoms with van der Waals surface area (Å²) in [6.07, 6.45) is 1.96. The Bertz CT molecular complexity index is 889. The molecule has 0 bridgehead atoms. The summed E-state index contributed by atoms with van der Waals surface area (Å²) in [6, 6.07) is 17.9. The quantitative estimate of drug-likeness (QED) is 0.769. The molecule has 4 nitrogen and oxygen atoms in total. The topological polar surface area (TPSA) is 49.0 Å². The molecule has 2 heterocycles. The molecular weight excluding hydrogens is 329 g/mol. The first kappa shape index (κ1) is 16.5. The van der Waals surface area contributed by atoms with Crippen molar-refractivity contribution in [1.29, 1.82) is 0 Å². The number of benzene rings is 2. The Morgan fingerprint density at radius 1 is 1.12 bits per heavy atom. The number of hydrogen-bond acceptors (Lipinski definition) is 2. The number of hydrogen-bond donors (Lipinski definition) is 1. The predicted octanol–water partition coefficient (Wildman–Crippen LogP) is 4.24. The van der Waals surface area contributed by atoms with E-state index >= 15 is 0 Å². The lowest BCUT2D eigenvalue weighted by molar-refractivity contribution is 0.0706. The lowest BCUT2D eigenvalue weighted by atomic mass is 9.94. The molecule has 1 N–H and O–H groups in total. The molecule has 0 radical (unpaired) electrons. The highest BCUT2D eigenvalue weighted by atomic mass is 19.1. The van der Waals surface area contributed by atoms with Gasteiger partial charge in [0.15, 0.2) is 0 Å². The summed E-state index contributed by atoms with van der Waals surface area (Å²) in [4.78, 5) is 14.5. The van der Waals surface area contributed by atoms with Crippen molar-refractivity contribution >= 4 is 5.91 Å². The van der Waals surface area contributed by atoms with Crippen LogP contribution in [-0.4, -0.2) is 34.1 Å². The first-order valence-electron chi connectivity index (χ1n) is 8.86. The van der Waals surface area contributed by atoms with E-state index in [1.807, 2.05) is 35.2 Å². The van der Waals surface area contributed by atoms with Crippen molar-refractivity contribution in [3.63, 3.8) is 0 Å². The lowest BCUT2D eigenvalue weighted by Gasteiger charge is -2.32. The number of carbonyl (C=O) groups excluding carboxylic acids is 1. The summed E-state index contributed by atoms with van der Waals surface area (Å²) < 4.78 is 13.1. The average Bonchev–Trinajstić information content (AvgIpc) is 3.19.